The molecule has 0 amide bonds. The van der Waals surface area contributed by atoms with E-state index in [0.29, 0.717) is 23.3 Å². The molecule has 1 fully saturated rings. The van der Waals surface area contributed by atoms with Gasteiger partial charge in [0.2, 0.25) is 17.8 Å². The van der Waals surface area contributed by atoms with E-state index in [9.17, 15) is 0 Å². The maximum atomic E-state index is 4.39. The standard InChI is InChI=1S/C12H22N6/c1-12(6-5-7-12)8-14-10-15-9(13-2)16-11(17-10)18(3)4/h5-8H2,1-4H3,(H2,13,14,15,16,17). The van der Waals surface area contributed by atoms with Gasteiger partial charge in [-0.15, -0.1) is 0 Å². The lowest BCUT2D eigenvalue weighted by Gasteiger charge is -2.38. The van der Waals surface area contributed by atoms with Crippen molar-refractivity contribution in [1.82, 2.24) is 15.0 Å². The molecule has 0 aliphatic heterocycles. The molecule has 0 atom stereocenters. The van der Waals surface area contributed by atoms with Crippen LogP contribution in [0.15, 0.2) is 0 Å². The zero-order valence-corrected chi connectivity index (χ0v) is 11.6. The first kappa shape index (κ1) is 12.9. The zero-order valence-electron chi connectivity index (χ0n) is 11.6. The second kappa shape index (κ2) is 4.96. The number of rotatable bonds is 5. The van der Waals surface area contributed by atoms with Gasteiger partial charge in [-0.05, 0) is 18.3 Å². The lowest BCUT2D eigenvalue weighted by atomic mass is 9.70. The normalized spacial score (nSPS) is 16.9. The van der Waals surface area contributed by atoms with Gasteiger partial charge in [0.05, 0.1) is 0 Å². The van der Waals surface area contributed by atoms with Crippen LogP contribution >= 0.6 is 0 Å². The van der Waals surface area contributed by atoms with Crippen LogP contribution in [0.3, 0.4) is 0 Å². The van der Waals surface area contributed by atoms with Gasteiger partial charge < -0.3 is 15.5 Å². The van der Waals surface area contributed by atoms with Crippen molar-refractivity contribution in [1.29, 1.82) is 0 Å². The van der Waals surface area contributed by atoms with Crippen LogP contribution < -0.4 is 15.5 Å². The molecule has 0 radical (unpaired) electrons. The van der Waals surface area contributed by atoms with Crippen LogP contribution in [-0.2, 0) is 0 Å². The lowest BCUT2D eigenvalue weighted by Crippen LogP contribution is -2.33. The quantitative estimate of drug-likeness (QED) is 0.827. The molecule has 1 heterocycles. The predicted octanol–water partition coefficient (Wildman–Crippen LogP) is 1.58. The Kier molecular flexibility index (Phi) is 3.54. The number of hydrogen-bond donors (Lipinski definition) is 2. The minimum absolute atomic E-state index is 0.407. The van der Waals surface area contributed by atoms with Gasteiger partial charge in [0.15, 0.2) is 0 Å². The first-order chi connectivity index (χ1) is 8.52. The average molecular weight is 250 g/mol. The highest BCUT2D eigenvalue weighted by atomic mass is 15.3. The summed E-state index contributed by atoms with van der Waals surface area (Å²) in [5.41, 5.74) is 0.407. The van der Waals surface area contributed by atoms with Gasteiger partial charge in [0.1, 0.15) is 0 Å². The second-order valence-electron chi connectivity index (χ2n) is 5.44. The van der Waals surface area contributed by atoms with Crippen molar-refractivity contribution in [2.45, 2.75) is 26.2 Å². The van der Waals surface area contributed by atoms with E-state index in [4.69, 9.17) is 0 Å². The highest BCUT2D eigenvalue weighted by Gasteiger charge is 2.31. The molecule has 2 N–H and O–H groups in total. The fraction of sp³-hybridized carbons (Fsp3) is 0.750. The molecular formula is C12H22N6. The first-order valence-corrected chi connectivity index (χ1v) is 6.37. The van der Waals surface area contributed by atoms with Crippen LogP contribution in [0.5, 0.6) is 0 Å². The van der Waals surface area contributed by atoms with Crippen molar-refractivity contribution in [3.8, 4) is 0 Å². The summed E-state index contributed by atoms with van der Waals surface area (Å²) in [5, 5.41) is 6.29. The van der Waals surface area contributed by atoms with E-state index >= 15 is 0 Å². The van der Waals surface area contributed by atoms with Gasteiger partial charge >= 0.3 is 0 Å². The summed E-state index contributed by atoms with van der Waals surface area (Å²) in [7, 11) is 5.66. The Morgan fingerprint density at radius 2 is 1.83 bits per heavy atom. The van der Waals surface area contributed by atoms with E-state index in [0.717, 1.165) is 6.54 Å². The SMILES string of the molecule is CNc1nc(NCC2(C)CCC2)nc(N(C)C)n1. The zero-order chi connectivity index (χ0) is 13.2. The maximum Gasteiger partial charge on any atom is 0.231 e. The number of nitrogens with one attached hydrogen (secondary N) is 2. The smallest absolute Gasteiger partial charge is 0.231 e. The highest BCUT2D eigenvalue weighted by Crippen LogP contribution is 2.40. The molecule has 1 saturated carbocycles. The monoisotopic (exact) mass is 250 g/mol. The Morgan fingerprint density at radius 1 is 1.17 bits per heavy atom. The summed E-state index contributed by atoms with van der Waals surface area (Å²) in [6.07, 6.45) is 3.90. The molecule has 0 spiro atoms. The summed E-state index contributed by atoms with van der Waals surface area (Å²) in [4.78, 5) is 14.9. The third-order valence-corrected chi connectivity index (χ3v) is 3.48. The van der Waals surface area contributed by atoms with Crippen molar-refractivity contribution in [3.05, 3.63) is 0 Å². The third-order valence-electron chi connectivity index (χ3n) is 3.48. The third kappa shape index (κ3) is 2.80. The summed E-state index contributed by atoms with van der Waals surface area (Å²) in [5.74, 6) is 1.90. The molecule has 1 aliphatic carbocycles. The Morgan fingerprint density at radius 3 is 2.33 bits per heavy atom. The Labute approximate surface area is 108 Å². The highest BCUT2D eigenvalue weighted by molar-refractivity contribution is 5.42. The first-order valence-electron chi connectivity index (χ1n) is 6.37. The largest absolute Gasteiger partial charge is 0.357 e. The topological polar surface area (TPSA) is 66.0 Å². The van der Waals surface area contributed by atoms with Crippen molar-refractivity contribution >= 4 is 17.8 Å². The summed E-state index contributed by atoms with van der Waals surface area (Å²) < 4.78 is 0. The van der Waals surface area contributed by atoms with Crippen molar-refractivity contribution in [3.63, 3.8) is 0 Å². The van der Waals surface area contributed by atoms with Crippen LogP contribution in [0, 0.1) is 5.41 Å². The van der Waals surface area contributed by atoms with E-state index in [1.165, 1.54) is 19.3 Å². The molecule has 2 rings (SSSR count). The fourth-order valence-electron chi connectivity index (χ4n) is 2.01. The molecule has 1 aromatic rings. The Hall–Kier alpha value is -1.59. The maximum absolute atomic E-state index is 4.39. The number of aromatic nitrogens is 3. The average Bonchev–Trinajstić information content (AvgIpc) is 2.33. The van der Waals surface area contributed by atoms with Crippen LogP contribution in [-0.4, -0.2) is 42.6 Å². The fourth-order valence-corrected chi connectivity index (χ4v) is 2.01. The molecule has 0 saturated heterocycles. The van der Waals surface area contributed by atoms with Gasteiger partial charge in [-0.1, -0.05) is 13.3 Å². The number of anilines is 3. The summed E-state index contributed by atoms with van der Waals surface area (Å²) in [6.45, 7) is 3.23. The summed E-state index contributed by atoms with van der Waals surface area (Å²) in [6, 6.07) is 0. The minimum atomic E-state index is 0.407. The van der Waals surface area contributed by atoms with E-state index in [-0.39, 0.29) is 0 Å². The lowest BCUT2D eigenvalue weighted by molar-refractivity contribution is 0.179. The van der Waals surface area contributed by atoms with Gasteiger partial charge in [0, 0.05) is 27.7 Å². The summed E-state index contributed by atoms with van der Waals surface area (Å²) >= 11 is 0. The minimum Gasteiger partial charge on any atom is -0.357 e. The molecular weight excluding hydrogens is 228 g/mol. The molecule has 6 nitrogen and oxygen atoms in total. The second-order valence-corrected chi connectivity index (χ2v) is 5.44. The molecule has 0 unspecified atom stereocenters. The van der Waals surface area contributed by atoms with E-state index < -0.39 is 0 Å². The van der Waals surface area contributed by atoms with Gasteiger partial charge in [-0.2, -0.15) is 15.0 Å². The van der Waals surface area contributed by atoms with Crippen molar-refractivity contribution in [2.75, 3.05) is 43.2 Å². The van der Waals surface area contributed by atoms with Crippen LogP contribution in [0.4, 0.5) is 17.8 Å². The number of hydrogen-bond acceptors (Lipinski definition) is 6. The predicted molar refractivity (Wildman–Crippen MR) is 74.1 cm³/mol. The van der Waals surface area contributed by atoms with Gasteiger partial charge in [0.25, 0.3) is 0 Å². The molecule has 0 bridgehead atoms. The molecule has 1 aliphatic rings. The molecule has 6 heteroatoms. The van der Waals surface area contributed by atoms with Crippen LogP contribution in [0.2, 0.25) is 0 Å². The van der Waals surface area contributed by atoms with E-state index in [2.05, 4.69) is 32.5 Å². The number of nitrogens with zero attached hydrogens (tertiary/aromatic N) is 4. The van der Waals surface area contributed by atoms with Crippen molar-refractivity contribution in [2.24, 2.45) is 5.41 Å². The Bertz CT molecular complexity index is 413. The molecule has 18 heavy (non-hydrogen) atoms. The van der Waals surface area contributed by atoms with E-state index in [1.54, 1.807) is 0 Å². The molecule has 100 valence electrons. The molecule has 1 aromatic heterocycles. The van der Waals surface area contributed by atoms with Crippen molar-refractivity contribution < 1.29 is 0 Å². The van der Waals surface area contributed by atoms with Crippen LogP contribution in [0.25, 0.3) is 0 Å². The van der Waals surface area contributed by atoms with E-state index in [1.807, 2.05) is 26.0 Å². The van der Waals surface area contributed by atoms with Gasteiger partial charge in [-0.3, -0.25) is 0 Å². The van der Waals surface area contributed by atoms with Gasteiger partial charge in [-0.25, -0.2) is 0 Å². The van der Waals surface area contributed by atoms with Crippen LogP contribution in [0.1, 0.15) is 26.2 Å². The Balaban J connectivity index is 2.08. The molecule has 0 aromatic carbocycles.